The molecule has 0 aliphatic heterocycles. The molecule has 0 bridgehead atoms. The van der Waals surface area contributed by atoms with E-state index in [1.54, 1.807) is 43.3 Å². The van der Waals surface area contributed by atoms with Crippen molar-refractivity contribution in [2.45, 2.75) is 44.3 Å². The minimum Gasteiger partial charge on any atom is -0.308 e. The molecule has 7 heteroatoms. The lowest BCUT2D eigenvalue weighted by molar-refractivity contribution is 0.262. The summed E-state index contributed by atoms with van der Waals surface area (Å²) in [6.07, 6.45) is 1.59. The quantitative estimate of drug-likeness (QED) is 0.420. The van der Waals surface area contributed by atoms with Gasteiger partial charge in [-0.3, -0.25) is 0 Å². The van der Waals surface area contributed by atoms with Crippen LogP contribution in [0.5, 0.6) is 0 Å². The summed E-state index contributed by atoms with van der Waals surface area (Å²) in [5.74, 6) is -0.148. The van der Waals surface area contributed by atoms with E-state index in [9.17, 15) is 13.2 Å². The summed E-state index contributed by atoms with van der Waals surface area (Å²) < 4.78 is 26.1. The van der Waals surface area contributed by atoms with E-state index in [2.05, 4.69) is 10.6 Å². The molecule has 3 rings (SSSR count). The zero-order valence-corrected chi connectivity index (χ0v) is 20.0. The van der Waals surface area contributed by atoms with E-state index in [-0.39, 0.29) is 10.6 Å². The van der Waals surface area contributed by atoms with Crippen LogP contribution in [-0.2, 0) is 28.4 Å². The molecule has 0 radical (unpaired) electrons. The molecular formula is C25H27ClN2O3S. The molecular weight excluding hydrogens is 444 g/mol. The Morgan fingerprint density at radius 2 is 1.53 bits per heavy atom. The van der Waals surface area contributed by atoms with E-state index >= 15 is 0 Å². The topological polar surface area (TPSA) is 75.3 Å². The van der Waals surface area contributed by atoms with Gasteiger partial charge >= 0.3 is 6.03 Å². The highest BCUT2D eigenvalue weighted by Crippen LogP contribution is 2.26. The number of sulfone groups is 1. The number of urea groups is 1. The first-order valence-electron chi connectivity index (χ1n) is 10.5. The van der Waals surface area contributed by atoms with Crippen molar-refractivity contribution >= 4 is 38.8 Å². The Labute approximate surface area is 194 Å². The van der Waals surface area contributed by atoms with Crippen LogP contribution in [-0.4, -0.2) is 14.4 Å². The highest BCUT2D eigenvalue weighted by molar-refractivity contribution is 7.90. The van der Waals surface area contributed by atoms with E-state index in [1.165, 1.54) is 6.07 Å². The summed E-state index contributed by atoms with van der Waals surface area (Å²) in [5, 5.41) is 6.26. The first kappa shape index (κ1) is 23.8. The summed E-state index contributed by atoms with van der Waals surface area (Å²) >= 11 is 5.89. The average molecular weight is 471 g/mol. The number of hydrogen-bond donors (Lipinski definition) is 2. The zero-order chi connectivity index (χ0) is 23.3. The first-order valence-corrected chi connectivity index (χ1v) is 12.5. The predicted molar refractivity (Wildman–Crippen MR) is 131 cm³/mol. The van der Waals surface area contributed by atoms with Crippen molar-refractivity contribution in [2.24, 2.45) is 0 Å². The lowest BCUT2D eigenvalue weighted by Crippen LogP contribution is -2.21. The second kappa shape index (κ2) is 10.2. The van der Waals surface area contributed by atoms with Gasteiger partial charge in [0.25, 0.3) is 0 Å². The number of nitrogens with one attached hydrogen (secondary N) is 2. The van der Waals surface area contributed by atoms with Crippen LogP contribution in [0.3, 0.4) is 0 Å². The molecule has 0 saturated carbocycles. The Morgan fingerprint density at radius 1 is 0.906 bits per heavy atom. The molecule has 3 aromatic carbocycles. The second-order valence-electron chi connectivity index (χ2n) is 7.60. The molecule has 168 valence electrons. The highest BCUT2D eigenvalue weighted by Gasteiger charge is 2.19. The molecule has 5 nitrogen and oxygen atoms in total. The van der Waals surface area contributed by atoms with Crippen LogP contribution in [0.4, 0.5) is 16.2 Å². The molecule has 0 unspecified atom stereocenters. The van der Waals surface area contributed by atoms with Gasteiger partial charge in [-0.25, -0.2) is 13.2 Å². The zero-order valence-electron chi connectivity index (χ0n) is 18.4. The number of halogens is 1. The number of carbonyl (C=O) groups excluding carboxylic acids is 1. The van der Waals surface area contributed by atoms with Crippen LogP contribution in [0.1, 0.15) is 36.1 Å². The normalized spacial score (nSPS) is 11.2. The van der Waals surface area contributed by atoms with Crippen molar-refractivity contribution in [1.82, 2.24) is 0 Å². The SMILES string of the molecule is CCc1cccc(CC)c1NC(=O)Nc1ccc(C)c(S(=O)(=O)Cc2ccc(Cl)cc2)c1. The van der Waals surface area contributed by atoms with Gasteiger partial charge in [0.15, 0.2) is 9.84 Å². The summed E-state index contributed by atoms with van der Waals surface area (Å²) in [6.45, 7) is 5.81. The fourth-order valence-corrected chi connectivity index (χ4v) is 5.35. The molecule has 0 aromatic heterocycles. The molecule has 0 aliphatic rings. The van der Waals surface area contributed by atoms with Crippen molar-refractivity contribution in [2.75, 3.05) is 10.6 Å². The van der Waals surface area contributed by atoms with Gasteiger partial charge in [0.2, 0.25) is 0 Å². The van der Waals surface area contributed by atoms with Gasteiger partial charge in [-0.15, -0.1) is 0 Å². The molecule has 0 atom stereocenters. The Morgan fingerprint density at radius 3 is 2.12 bits per heavy atom. The van der Waals surface area contributed by atoms with Gasteiger partial charge < -0.3 is 10.6 Å². The van der Waals surface area contributed by atoms with Gasteiger partial charge in [-0.1, -0.05) is 61.8 Å². The van der Waals surface area contributed by atoms with Crippen LogP contribution in [0.25, 0.3) is 0 Å². The first-order chi connectivity index (χ1) is 15.2. The molecule has 3 aromatic rings. The molecule has 0 heterocycles. The number of benzene rings is 3. The van der Waals surface area contributed by atoms with Crippen LogP contribution in [0.2, 0.25) is 5.02 Å². The summed E-state index contributed by atoms with van der Waals surface area (Å²) in [6, 6.07) is 17.2. The molecule has 2 amide bonds. The number of aryl methyl sites for hydroxylation is 3. The second-order valence-corrected chi connectivity index (χ2v) is 10.00. The maximum absolute atomic E-state index is 13.0. The average Bonchev–Trinajstić information content (AvgIpc) is 2.76. The van der Waals surface area contributed by atoms with Gasteiger partial charge in [-0.05, 0) is 66.3 Å². The van der Waals surface area contributed by atoms with E-state index in [4.69, 9.17) is 11.6 Å². The fourth-order valence-electron chi connectivity index (χ4n) is 3.57. The maximum Gasteiger partial charge on any atom is 0.323 e. The van der Waals surface area contributed by atoms with E-state index in [0.29, 0.717) is 21.8 Å². The molecule has 2 N–H and O–H groups in total. The van der Waals surface area contributed by atoms with Crippen molar-refractivity contribution in [3.8, 4) is 0 Å². The number of amides is 2. The molecule has 0 spiro atoms. The minimum absolute atomic E-state index is 0.148. The number of carbonyl (C=O) groups is 1. The third-order valence-electron chi connectivity index (χ3n) is 5.29. The Kier molecular flexibility index (Phi) is 7.59. The summed E-state index contributed by atoms with van der Waals surface area (Å²) in [4.78, 5) is 12.9. The van der Waals surface area contributed by atoms with Gasteiger partial charge in [0, 0.05) is 16.4 Å². The van der Waals surface area contributed by atoms with E-state index in [0.717, 1.165) is 29.7 Å². The van der Waals surface area contributed by atoms with E-state index < -0.39 is 15.9 Å². The molecule has 0 aliphatic carbocycles. The third-order valence-corrected chi connectivity index (χ3v) is 7.36. The monoisotopic (exact) mass is 470 g/mol. The van der Waals surface area contributed by atoms with Crippen LogP contribution in [0, 0.1) is 6.92 Å². The van der Waals surface area contributed by atoms with E-state index in [1.807, 2.05) is 32.0 Å². The van der Waals surface area contributed by atoms with Crippen LogP contribution < -0.4 is 10.6 Å². The standard InChI is InChI=1S/C25H27ClN2O3S/c1-4-19-7-6-8-20(5-2)24(19)28-25(29)27-22-14-9-17(3)23(15-22)32(30,31)16-18-10-12-21(26)13-11-18/h6-15H,4-5,16H2,1-3H3,(H2,27,28,29). The number of anilines is 2. The molecule has 32 heavy (non-hydrogen) atoms. The maximum atomic E-state index is 13.0. The minimum atomic E-state index is -3.61. The lowest BCUT2D eigenvalue weighted by Gasteiger charge is -2.16. The van der Waals surface area contributed by atoms with Crippen molar-refractivity contribution in [1.29, 1.82) is 0 Å². The van der Waals surface area contributed by atoms with Gasteiger partial charge in [0.05, 0.1) is 10.6 Å². The largest absolute Gasteiger partial charge is 0.323 e. The lowest BCUT2D eigenvalue weighted by atomic mass is 10.0. The van der Waals surface area contributed by atoms with Crippen molar-refractivity contribution in [3.63, 3.8) is 0 Å². The smallest absolute Gasteiger partial charge is 0.308 e. The molecule has 0 saturated heterocycles. The summed E-state index contributed by atoms with van der Waals surface area (Å²) in [5.41, 5.74) is 4.58. The highest BCUT2D eigenvalue weighted by atomic mass is 35.5. The van der Waals surface area contributed by atoms with Crippen molar-refractivity contribution < 1.29 is 13.2 Å². The van der Waals surface area contributed by atoms with Gasteiger partial charge in [0.1, 0.15) is 0 Å². The number of para-hydroxylation sites is 1. The number of hydrogen-bond acceptors (Lipinski definition) is 3. The Hall–Kier alpha value is -2.83. The fraction of sp³-hybridized carbons (Fsp3) is 0.240. The Bertz CT molecular complexity index is 1200. The summed E-state index contributed by atoms with van der Waals surface area (Å²) in [7, 11) is -3.61. The third kappa shape index (κ3) is 5.69. The Balaban J connectivity index is 1.81. The predicted octanol–water partition coefficient (Wildman–Crippen LogP) is 6.39. The van der Waals surface area contributed by atoms with Crippen LogP contribution >= 0.6 is 11.6 Å². The van der Waals surface area contributed by atoms with Gasteiger partial charge in [-0.2, -0.15) is 0 Å². The van der Waals surface area contributed by atoms with Crippen molar-refractivity contribution in [3.05, 3.63) is 87.9 Å². The molecule has 0 fully saturated rings. The number of rotatable bonds is 7. The van der Waals surface area contributed by atoms with Crippen LogP contribution in [0.15, 0.2) is 65.6 Å².